The molecule has 0 spiro atoms. The van der Waals surface area contributed by atoms with E-state index < -0.39 is 6.10 Å². The number of carbonyl (C=O) groups is 1. The largest absolute Gasteiger partial charge is 0.392 e. The summed E-state index contributed by atoms with van der Waals surface area (Å²) < 4.78 is 5.97. The normalized spacial score (nSPS) is 20.3. The third kappa shape index (κ3) is 5.24. The fourth-order valence-corrected chi connectivity index (χ4v) is 3.15. The zero-order valence-corrected chi connectivity index (χ0v) is 15.0. The SMILES string of the molecule is O=C(c1ccccc1)C(Cc1ccccc1)OCCCNC1CCC1O. The molecule has 3 rings (SSSR count). The molecule has 0 heterocycles. The van der Waals surface area contributed by atoms with Crippen LogP contribution in [0.5, 0.6) is 0 Å². The molecule has 2 aromatic carbocycles. The monoisotopic (exact) mass is 353 g/mol. The summed E-state index contributed by atoms with van der Waals surface area (Å²) in [5.74, 6) is 0.0248. The second-order valence-corrected chi connectivity index (χ2v) is 6.84. The van der Waals surface area contributed by atoms with E-state index in [4.69, 9.17) is 4.74 Å². The molecule has 1 saturated carbocycles. The topological polar surface area (TPSA) is 58.6 Å². The molecule has 0 saturated heterocycles. The van der Waals surface area contributed by atoms with Gasteiger partial charge in [0, 0.05) is 24.6 Å². The molecule has 0 radical (unpaired) electrons. The van der Waals surface area contributed by atoms with Crippen molar-refractivity contribution in [2.45, 2.75) is 43.9 Å². The maximum Gasteiger partial charge on any atom is 0.191 e. The second kappa shape index (κ2) is 9.62. The summed E-state index contributed by atoms with van der Waals surface area (Å²) in [6.45, 7) is 1.31. The molecule has 1 aliphatic carbocycles. The second-order valence-electron chi connectivity index (χ2n) is 6.84. The van der Waals surface area contributed by atoms with Gasteiger partial charge in [-0.15, -0.1) is 0 Å². The number of hydrogen-bond donors (Lipinski definition) is 2. The van der Waals surface area contributed by atoms with Crippen LogP contribution in [-0.4, -0.2) is 42.3 Å². The van der Waals surface area contributed by atoms with Crippen molar-refractivity contribution < 1.29 is 14.6 Å². The average molecular weight is 353 g/mol. The maximum absolute atomic E-state index is 12.8. The quantitative estimate of drug-likeness (QED) is 0.509. The van der Waals surface area contributed by atoms with Gasteiger partial charge >= 0.3 is 0 Å². The lowest BCUT2D eigenvalue weighted by Gasteiger charge is -2.33. The summed E-state index contributed by atoms with van der Waals surface area (Å²) in [5, 5.41) is 12.9. The molecule has 4 nitrogen and oxygen atoms in total. The number of benzene rings is 2. The Morgan fingerprint density at radius 3 is 2.38 bits per heavy atom. The van der Waals surface area contributed by atoms with Crippen LogP contribution in [0.2, 0.25) is 0 Å². The average Bonchev–Trinajstić information content (AvgIpc) is 2.69. The molecule has 26 heavy (non-hydrogen) atoms. The smallest absolute Gasteiger partial charge is 0.191 e. The molecular formula is C22H27NO3. The standard InChI is InChI=1S/C22H27NO3/c24-20-13-12-19(20)23-14-7-15-26-21(16-17-8-3-1-4-9-17)22(25)18-10-5-2-6-11-18/h1-6,8-11,19-21,23-24H,7,12-16H2. The van der Waals surface area contributed by atoms with Crippen LogP contribution in [0.1, 0.15) is 35.2 Å². The number of aliphatic hydroxyl groups is 1. The Bertz CT molecular complexity index is 674. The van der Waals surface area contributed by atoms with Crippen molar-refractivity contribution in [3.05, 3.63) is 71.8 Å². The van der Waals surface area contributed by atoms with Gasteiger partial charge in [0.25, 0.3) is 0 Å². The van der Waals surface area contributed by atoms with E-state index in [-0.39, 0.29) is 17.9 Å². The van der Waals surface area contributed by atoms with Crippen molar-refractivity contribution in [3.8, 4) is 0 Å². The summed E-state index contributed by atoms with van der Waals surface area (Å²) >= 11 is 0. The minimum Gasteiger partial charge on any atom is -0.392 e. The van der Waals surface area contributed by atoms with Gasteiger partial charge in [-0.3, -0.25) is 4.79 Å². The lowest BCUT2D eigenvalue weighted by Crippen LogP contribution is -2.48. The highest BCUT2D eigenvalue weighted by Gasteiger charge is 2.27. The van der Waals surface area contributed by atoms with Crippen LogP contribution in [0.15, 0.2) is 60.7 Å². The Labute approximate surface area is 155 Å². The molecule has 1 aliphatic rings. The number of nitrogens with one attached hydrogen (secondary N) is 1. The number of hydrogen-bond acceptors (Lipinski definition) is 4. The summed E-state index contributed by atoms with van der Waals surface area (Å²) in [5.41, 5.74) is 1.78. The number of carbonyl (C=O) groups excluding carboxylic acids is 1. The van der Waals surface area contributed by atoms with Gasteiger partial charge in [0.1, 0.15) is 6.10 Å². The third-order valence-electron chi connectivity index (χ3n) is 4.90. The molecule has 2 N–H and O–H groups in total. The van der Waals surface area contributed by atoms with Crippen LogP contribution in [0, 0.1) is 0 Å². The van der Waals surface area contributed by atoms with E-state index in [0.717, 1.165) is 31.4 Å². The van der Waals surface area contributed by atoms with Crippen LogP contribution in [0.25, 0.3) is 0 Å². The van der Waals surface area contributed by atoms with E-state index in [1.165, 1.54) is 0 Å². The van der Waals surface area contributed by atoms with Gasteiger partial charge in [-0.05, 0) is 31.4 Å². The first-order valence-electron chi connectivity index (χ1n) is 9.40. The minimum atomic E-state index is -0.478. The number of ketones is 1. The molecular weight excluding hydrogens is 326 g/mol. The van der Waals surface area contributed by atoms with Gasteiger partial charge in [0.2, 0.25) is 0 Å². The summed E-state index contributed by atoms with van der Waals surface area (Å²) in [7, 11) is 0. The molecule has 0 amide bonds. The highest BCUT2D eigenvalue weighted by Crippen LogP contribution is 2.19. The van der Waals surface area contributed by atoms with Crippen LogP contribution in [0.3, 0.4) is 0 Å². The molecule has 4 heteroatoms. The van der Waals surface area contributed by atoms with Crippen molar-refractivity contribution in [1.82, 2.24) is 5.32 Å². The van der Waals surface area contributed by atoms with Gasteiger partial charge in [0.05, 0.1) is 6.10 Å². The maximum atomic E-state index is 12.8. The van der Waals surface area contributed by atoms with E-state index in [2.05, 4.69) is 5.32 Å². The predicted molar refractivity (Wildman–Crippen MR) is 102 cm³/mol. The van der Waals surface area contributed by atoms with E-state index >= 15 is 0 Å². The van der Waals surface area contributed by atoms with Crippen LogP contribution < -0.4 is 5.32 Å². The molecule has 138 valence electrons. The Kier molecular flexibility index (Phi) is 6.95. The molecule has 0 aliphatic heterocycles. The van der Waals surface area contributed by atoms with Crippen LogP contribution in [-0.2, 0) is 11.2 Å². The predicted octanol–water partition coefficient (Wildman–Crippen LogP) is 3.00. The van der Waals surface area contributed by atoms with E-state index in [0.29, 0.717) is 18.6 Å². The number of Topliss-reactive ketones (excluding diaryl/α,β-unsaturated/α-hetero) is 1. The molecule has 3 unspecified atom stereocenters. The van der Waals surface area contributed by atoms with Crippen molar-refractivity contribution >= 4 is 5.78 Å². The molecule has 2 aromatic rings. The molecule has 0 aromatic heterocycles. The fraction of sp³-hybridized carbons (Fsp3) is 0.409. The highest BCUT2D eigenvalue weighted by atomic mass is 16.5. The zero-order valence-electron chi connectivity index (χ0n) is 15.0. The van der Waals surface area contributed by atoms with Gasteiger partial charge in [0.15, 0.2) is 5.78 Å². The number of rotatable bonds is 10. The van der Waals surface area contributed by atoms with Gasteiger partial charge in [-0.2, -0.15) is 0 Å². The van der Waals surface area contributed by atoms with Gasteiger partial charge < -0.3 is 15.2 Å². The minimum absolute atomic E-state index is 0.0248. The highest BCUT2D eigenvalue weighted by molar-refractivity contribution is 5.99. The molecule has 1 fully saturated rings. The first-order valence-corrected chi connectivity index (χ1v) is 9.40. The van der Waals surface area contributed by atoms with Crippen molar-refractivity contribution in [2.24, 2.45) is 0 Å². The number of ether oxygens (including phenoxy) is 1. The lowest BCUT2D eigenvalue weighted by atomic mass is 9.89. The van der Waals surface area contributed by atoms with Gasteiger partial charge in [-0.25, -0.2) is 0 Å². The lowest BCUT2D eigenvalue weighted by molar-refractivity contribution is 0.0349. The van der Waals surface area contributed by atoms with E-state index in [1.54, 1.807) is 0 Å². The fourth-order valence-electron chi connectivity index (χ4n) is 3.15. The van der Waals surface area contributed by atoms with Crippen molar-refractivity contribution in [2.75, 3.05) is 13.2 Å². The Morgan fingerprint density at radius 2 is 1.77 bits per heavy atom. The van der Waals surface area contributed by atoms with Crippen molar-refractivity contribution in [3.63, 3.8) is 0 Å². The zero-order chi connectivity index (χ0) is 18.2. The van der Waals surface area contributed by atoms with Gasteiger partial charge in [-0.1, -0.05) is 60.7 Å². The summed E-state index contributed by atoms with van der Waals surface area (Å²) in [6, 6.07) is 19.5. The molecule has 0 bridgehead atoms. The molecule has 3 atom stereocenters. The first kappa shape index (κ1) is 18.8. The number of aliphatic hydroxyl groups excluding tert-OH is 1. The Balaban J connectivity index is 1.53. The van der Waals surface area contributed by atoms with E-state index in [1.807, 2.05) is 60.7 Å². The Morgan fingerprint density at radius 1 is 1.08 bits per heavy atom. The van der Waals surface area contributed by atoms with Crippen LogP contribution in [0.4, 0.5) is 0 Å². The third-order valence-corrected chi connectivity index (χ3v) is 4.90. The Hall–Kier alpha value is -2.01. The van der Waals surface area contributed by atoms with E-state index in [9.17, 15) is 9.90 Å². The summed E-state index contributed by atoms with van der Waals surface area (Å²) in [4.78, 5) is 12.8. The first-order chi connectivity index (χ1) is 12.7. The van der Waals surface area contributed by atoms with Crippen LogP contribution >= 0.6 is 0 Å². The summed E-state index contributed by atoms with van der Waals surface area (Å²) in [6.07, 6.45) is 2.62. The van der Waals surface area contributed by atoms with Crippen molar-refractivity contribution in [1.29, 1.82) is 0 Å².